The number of alkyl halides is 5. The van der Waals surface area contributed by atoms with Gasteiger partial charge in [0.05, 0.1) is 31.2 Å². The molecule has 0 fully saturated rings. The summed E-state index contributed by atoms with van der Waals surface area (Å²) in [5.74, 6) is -8.58. The van der Waals surface area contributed by atoms with Crippen LogP contribution in [-0.4, -0.2) is 84.9 Å². The van der Waals surface area contributed by atoms with Crippen LogP contribution in [0.2, 0.25) is 0 Å². The third-order valence-corrected chi connectivity index (χ3v) is 19.1. The van der Waals surface area contributed by atoms with Gasteiger partial charge in [-0.1, -0.05) is 86.8 Å². The number of hydrogen-bond donors (Lipinski definition) is 3. The number of hydrogen-bond acceptors (Lipinski definition) is 3. The van der Waals surface area contributed by atoms with Crippen molar-refractivity contribution in [2.45, 2.75) is 141 Å². The molecule has 0 amide bonds. The lowest BCUT2D eigenvalue weighted by Gasteiger charge is -2.43. The van der Waals surface area contributed by atoms with E-state index in [0.717, 1.165) is 54.2 Å². The van der Waals surface area contributed by atoms with Crippen LogP contribution in [0.1, 0.15) is 136 Å². The summed E-state index contributed by atoms with van der Waals surface area (Å²) in [6, 6.07) is 25.9. The lowest BCUT2D eigenvalue weighted by Crippen LogP contribution is -2.48. The summed E-state index contributed by atoms with van der Waals surface area (Å²) in [5, 5.41) is 2.25. The van der Waals surface area contributed by atoms with Gasteiger partial charge in [-0.05, 0) is 167 Å². The van der Waals surface area contributed by atoms with Gasteiger partial charge in [0.1, 0.15) is 40.6 Å². The van der Waals surface area contributed by atoms with E-state index >= 15 is 13.2 Å². The molecule has 7 unspecified atom stereocenters. The van der Waals surface area contributed by atoms with Gasteiger partial charge in [0.2, 0.25) is 0 Å². The summed E-state index contributed by atoms with van der Waals surface area (Å²) in [7, 11) is 0. The second kappa shape index (κ2) is 25.4. The van der Waals surface area contributed by atoms with Gasteiger partial charge in [0, 0.05) is 112 Å². The second-order valence-corrected chi connectivity index (χ2v) is 26.4. The predicted molar refractivity (Wildman–Crippen MR) is 332 cm³/mol. The number of rotatable bonds is 12. The molecular formula is C67H66Br3F11N6. The average molecular weight is 1400 g/mol. The zero-order valence-corrected chi connectivity index (χ0v) is 53.6. The maximum absolute atomic E-state index is 15.1. The Morgan fingerprint density at radius 1 is 0.437 bits per heavy atom. The van der Waals surface area contributed by atoms with Gasteiger partial charge in [-0.15, -0.1) is 0 Å². The lowest BCUT2D eigenvalue weighted by atomic mass is 9.87. The van der Waals surface area contributed by atoms with E-state index in [1.54, 1.807) is 42.2 Å². The van der Waals surface area contributed by atoms with Crippen molar-refractivity contribution in [3.05, 3.63) is 208 Å². The Balaban J connectivity index is 0.000000145. The van der Waals surface area contributed by atoms with Crippen LogP contribution in [0.15, 0.2) is 123 Å². The van der Waals surface area contributed by atoms with E-state index in [4.69, 9.17) is 0 Å². The highest BCUT2D eigenvalue weighted by atomic mass is 79.9. The van der Waals surface area contributed by atoms with Crippen LogP contribution in [0.3, 0.4) is 0 Å². The van der Waals surface area contributed by atoms with Crippen molar-refractivity contribution in [1.29, 1.82) is 0 Å². The average Bonchev–Trinajstić information content (AvgIpc) is 1.73. The number of nitrogens with zero attached hydrogens (tertiary/aromatic N) is 3. The molecule has 6 nitrogen and oxygen atoms in total. The van der Waals surface area contributed by atoms with E-state index < -0.39 is 53.6 Å². The first kappa shape index (κ1) is 64.5. The molecule has 3 aliphatic rings. The molecule has 3 aliphatic heterocycles. The van der Waals surface area contributed by atoms with Crippen LogP contribution in [0, 0.1) is 34.9 Å². The molecule has 0 saturated carbocycles. The van der Waals surface area contributed by atoms with Crippen molar-refractivity contribution in [3.63, 3.8) is 0 Å². The molecule has 7 atom stereocenters. The highest BCUT2D eigenvalue weighted by Crippen LogP contribution is 2.47. The third-order valence-electron chi connectivity index (χ3n) is 17.6. The van der Waals surface area contributed by atoms with Gasteiger partial charge in [-0.3, -0.25) is 14.7 Å². The molecule has 6 heterocycles. The monoisotopic (exact) mass is 1400 g/mol. The lowest BCUT2D eigenvalue weighted by molar-refractivity contribution is -0.0550. The fraction of sp³-hybridized carbons (Fsp3) is 0.373. The molecular weight excluding hydrogens is 1340 g/mol. The highest BCUT2D eigenvalue weighted by Gasteiger charge is 2.45. The number of nitrogens with one attached hydrogen (secondary N) is 3. The number of fused-ring (bicyclic) bond motifs is 9. The molecule has 0 aliphatic carbocycles. The predicted octanol–water partition coefficient (Wildman–Crippen LogP) is 19.9. The Hall–Kier alpha value is -5.51. The van der Waals surface area contributed by atoms with Gasteiger partial charge in [-0.25, -0.2) is 48.3 Å². The SMILES string of the molecule is CCC(C)(F)CN1C(C)Cc2c([nH]c3ccc(F)cc23)C1c1c(F)cc(Br)cc1F.CCC(F)(F)CN1C(C)Cc2c([nH]c3ccc(F)cc23)C1c1ccc(Br)cc1.CCC(F)(F)CN1C(C)Cc2c([nH]c3ccc(F)cc23)C1c1ccc(Br)cc1F. The molecule has 9 aromatic rings. The number of aromatic nitrogens is 3. The smallest absolute Gasteiger partial charge is 0.260 e. The fourth-order valence-corrected chi connectivity index (χ4v) is 13.8. The molecule has 6 aromatic carbocycles. The summed E-state index contributed by atoms with van der Waals surface area (Å²) in [4.78, 5) is 15.2. The van der Waals surface area contributed by atoms with Crippen LogP contribution in [-0.2, 0) is 19.3 Å². The topological polar surface area (TPSA) is 57.1 Å². The third kappa shape index (κ3) is 13.4. The summed E-state index contributed by atoms with van der Waals surface area (Å²) in [5.41, 5.74) is 6.66. The Morgan fingerprint density at radius 3 is 1.23 bits per heavy atom. The standard InChI is InChI=1S/C23H23BrF4N2.C22H21BrF4N2.C22H22BrF3N2/c1-4-23(3,28)11-30-12(2)7-16-15-10-14(25)5-6-19(15)29-21(16)22(30)20-17(26)8-13(24)9-18(20)27;1-3-22(26,27)11-29-12(2)8-17-16-10-14(24)5-7-19(16)28-20(17)21(29)15-6-4-13(23)9-18(15)25;1-3-22(25,26)12-28-13(2)10-18-17-11-16(24)8-9-19(17)27-20(18)21(28)14-4-6-15(23)7-5-14/h5-6,8-10,12,22,29H,4,7,11H2,1-3H3;4-7,9-10,12,21,28H,3,8,11H2,1-2H3;4-9,11,13,21,27H,3,10,12H2,1-2H3. The van der Waals surface area contributed by atoms with Crippen molar-refractivity contribution in [2.75, 3.05) is 19.6 Å². The first-order valence-corrected chi connectivity index (χ1v) is 31.4. The van der Waals surface area contributed by atoms with Gasteiger partial charge in [0.15, 0.2) is 0 Å². The molecule has 87 heavy (non-hydrogen) atoms. The van der Waals surface area contributed by atoms with Crippen molar-refractivity contribution < 1.29 is 48.3 Å². The Morgan fingerprint density at radius 2 is 0.816 bits per heavy atom. The minimum atomic E-state index is -2.89. The van der Waals surface area contributed by atoms with Crippen molar-refractivity contribution in [2.24, 2.45) is 0 Å². The maximum atomic E-state index is 15.1. The highest BCUT2D eigenvalue weighted by molar-refractivity contribution is 9.11. The van der Waals surface area contributed by atoms with E-state index in [2.05, 4.69) is 62.7 Å². The molecule has 12 rings (SSSR count). The minimum absolute atomic E-state index is 0.0213. The number of benzene rings is 6. The van der Waals surface area contributed by atoms with Crippen molar-refractivity contribution in [3.8, 4) is 0 Å². The Bertz CT molecular complexity index is 3950. The van der Waals surface area contributed by atoms with E-state index in [9.17, 15) is 35.1 Å². The van der Waals surface area contributed by atoms with Gasteiger partial charge in [-0.2, -0.15) is 0 Å². The van der Waals surface area contributed by atoms with Crippen LogP contribution in [0.25, 0.3) is 32.7 Å². The Labute approximate surface area is 523 Å². The molecule has 0 saturated heterocycles. The molecule has 20 heteroatoms. The zero-order chi connectivity index (χ0) is 62.8. The first-order valence-electron chi connectivity index (χ1n) is 29.1. The number of halogens is 14. The molecule has 0 bridgehead atoms. The maximum Gasteiger partial charge on any atom is 0.260 e. The summed E-state index contributed by atoms with van der Waals surface area (Å²) >= 11 is 9.82. The summed E-state index contributed by atoms with van der Waals surface area (Å²) in [6.45, 7) is 11.2. The molecule has 462 valence electrons. The summed E-state index contributed by atoms with van der Waals surface area (Å²) < 4.78 is 161. The quantitative estimate of drug-likeness (QED) is 0.107. The van der Waals surface area contributed by atoms with Crippen molar-refractivity contribution >= 4 is 80.5 Å². The van der Waals surface area contributed by atoms with E-state index in [0.29, 0.717) is 56.1 Å². The van der Waals surface area contributed by atoms with Crippen LogP contribution >= 0.6 is 47.8 Å². The normalized spacial score (nSPS) is 20.8. The van der Waals surface area contributed by atoms with Gasteiger partial charge >= 0.3 is 0 Å². The van der Waals surface area contributed by atoms with E-state index in [1.807, 2.05) is 54.8 Å². The second-order valence-electron chi connectivity index (χ2n) is 23.7. The van der Waals surface area contributed by atoms with E-state index in [1.165, 1.54) is 75.4 Å². The molecule has 3 aromatic heterocycles. The van der Waals surface area contributed by atoms with Gasteiger partial charge < -0.3 is 15.0 Å². The molecule has 0 spiro atoms. The zero-order valence-electron chi connectivity index (χ0n) is 48.9. The van der Waals surface area contributed by atoms with Crippen LogP contribution < -0.4 is 0 Å². The molecule has 3 N–H and O–H groups in total. The van der Waals surface area contributed by atoms with Crippen molar-refractivity contribution in [1.82, 2.24) is 29.7 Å². The van der Waals surface area contributed by atoms with Gasteiger partial charge in [0.25, 0.3) is 11.8 Å². The van der Waals surface area contributed by atoms with Crippen LogP contribution in [0.4, 0.5) is 48.3 Å². The fourth-order valence-electron chi connectivity index (χ4n) is 12.8. The molecule has 0 radical (unpaired) electrons. The summed E-state index contributed by atoms with van der Waals surface area (Å²) in [6.07, 6.45) is 1.39. The van der Waals surface area contributed by atoms with E-state index in [-0.39, 0.29) is 79.5 Å². The largest absolute Gasteiger partial charge is 0.357 e. The number of H-pyrrole nitrogens is 3. The Kier molecular flexibility index (Phi) is 18.8. The minimum Gasteiger partial charge on any atom is -0.357 e. The number of aromatic amines is 3. The van der Waals surface area contributed by atoms with Crippen LogP contribution in [0.5, 0.6) is 0 Å². The first-order chi connectivity index (χ1) is 41.1.